The van der Waals surface area contributed by atoms with Crippen LogP contribution in [0.3, 0.4) is 0 Å². The van der Waals surface area contributed by atoms with E-state index in [1.54, 1.807) is 0 Å². The third-order valence-electron chi connectivity index (χ3n) is 2.48. The van der Waals surface area contributed by atoms with E-state index in [-0.39, 0.29) is 34.3 Å². The molecule has 0 radical (unpaired) electrons. The molecule has 3 saturated heterocycles. The van der Waals surface area contributed by atoms with Crippen LogP contribution in [0.1, 0.15) is 38.5 Å². The van der Waals surface area contributed by atoms with Crippen molar-refractivity contribution < 1.29 is 33.7 Å². The fraction of sp³-hybridized carbons (Fsp3) is 0.857. The summed E-state index contributed by atoms with van der Waals surface area (Å²) in [6.45, 7) is 6.00. The Morgan fingerprint density at radius 2 is 0.556 bits per heavy atom. The SMILES string of the molecule is C1CCOC1.C1CCOC1.C1CCOC1.[CH3-].[CH3-].[Ru+2]. The Hall–Kier alpha value is 0.503. The van der Waals surface area contributed by atoms with Crippen LogP contribution in [0.25, 0.3) is 0 Å². The van der Waals surface area contributed by atoms with Crippen molar-refractivity contribution in [1.29, 1.82) is 0 Å². The molecule has 0 aromatic heterocycles. The number of hydrogen-bond donors (Lipinski definition) is 0. The zero-order valence-corrected chi connectivity index (χ0v) is 13.8. The molecule has 3 aliphatic heterocycles. The first kappa shape index (κ1) is 23.6. The second kappa shape index (κ2) is 19.8. The maximum absolute atomic E-state index is 4.94. The molecule has 4 heteroatoms. The molecule has 0 unspecified atom stereocenters. The average molecular weight is 347 g/mol. The van der Waals surface area contributed by atoms with E-state index in [1.807, 2.05) is 0 Å². The maximum atomic E-state index is 4.94. The fourth-order valence-electron chi connectivity index (χ4n) is 1.53. The van der Waals surface area contributed by atoms with E-state index in [9.17, 15) is 0 Å². The summed E-state index contributed by atoms with van der Waals surface area (Å²) in [7, 11) is 0. The van der Waals surface area contributed by atoms with Gasteiger partial charge in [0.25, 0.3) is 0 Å². The summed E-state index contributed by atoms with van der Waals surface area (Å²) >= 11 is 0. The van der Waals surface area contributed by atoms with E-state index in [0.717, 1.165) is 39.6 Å². The van der Waals surface area contributed by atoms with Gasteiger partial charge in [-0.25, -0.2) is 0 Å². The summed E-state index contributed by atoms with van der Waals surface area (Å²) in [6.07, 6.45) is 7.67. The van der Waals surface area contributed by atoms with Crippen LogP contribution in [-0.2, 0) is 33.7 Å². The Kier molecular flexibility index (Phi) is 26.0. The predicted molar refractivity (Wildman–Crippen MR) is 73.0 cm³/mol. The van der Waals surface area contributed by atoms with Crippen molar-refractivity contribution in [3.05, 3.63) is 14.9 Å². The summed E-state index contributed by atoms with van der Waals surface area (Å²) in [5.41, 5.74) is 0. The van der Waals surface area contributed by atoms with Crippen LogP contribution in [0.4, 0.5) is 0 Å². The zero-order valence-electron chi connectivity index (χ0n) is 12.1. The van der Waals surface area contributed by atoms with Crippen LogP contribution in [0.5, 0.6) is 0 Å². The van der Waals surface area contributed by atoms with Gasteiger partial charge in [0, 0.05) is 39.6 Å². The average Bonchev–Trinajstić information content (AvgIpc) is 3.09. The molecule has 3 fully saturated rings. The van der Waals surface area contributed by atoms with Gasteiger partial charge in [-0.3, -0.25) is 0 Å². The molecule has 0 N–H and O–H groups in total. The molecule has 3 heterocycles. The van der Waals surface area contributed by atoms with Crippen molar-refractivity contribution in [3.8, 4) is 0 Å². The first-order valence-corrected chi connectivity index (χ1v) is 6.23. The normalized spacial score (nSPS) is 20.0. The molecular weight excluding hydrogens is 317 g/mol. The molecule has 0 amide bonds. The Balaban J connectivity index is -0.000000173. The molecule has 0 spiro atoms. The molecule has 0 aliphatic carbocycles. The van der Waals surface area contributed by atoms with Gasteiger partial charge in [-0.15, -0.1) is 0 Å². The van der Waals surface area contributed by atoms with Gasteiger partial charge in [0.15, 0.2) is 0 Å². The molecule has 112 valence electrons. The summed E-state index contributed by atoms with van der Waals surface area (Å²) in [5.74, 6) is 0. The Morgan fingerprint density at radius 1 is 0.389 bits per heavy atom. The summed E-state index contributed by atoms with van der Waals surface area (Å²) in [5, 5.41) is 0. The second-order valence-corrected chi connectivity index (χ2v) is 3.96. The monoisotopic (exact) mass is 348 g/mol. The molecular formula is C14H30O3Ru. The van der Waals surface area contributed by atoms with Gasteiger partial charge < -0.3 is 29.1 Å². The molecule has 0 bridgehead atoms. The summed E-state index contributed by atoms with van der Waals surface area (Å²) in [4.78, 5) is 0. The van der Waals surface area contributed by atoms with Gasteiger partial charge in [0.05, 0.1) is 0 Å². The fourth-order valence-corrected chi connectivity index (χ4v) is 1.53. The van der Waals surface area contributed by atoms with Gasteiger partial charge in [-0.05, 0) is 38.5 Å². The third kappa shape index (κ3) is 16.5. The van der Waals surface area contributed by atoms with E-state index < -0.39 is 0 Å². The van der Waals surface area contributed by atoms with Crippen LogP contribution in [0.2, 0.25) is 0 Å². The van der Waals surface area contributed by atoms with Crippen molar-refractivity contribution >= 4 is 0 Å². The van der Waals surface area contributed by atoms with E-state index in [4.69, 9.17) is 14.2 Å². The van der Waals surface area contributed by atoms with Gasteiger partial charge in [-0.1, -0.05) is 0 Å². The van der Waals surface area contributed by atoms with E-state index in [1.165, 1.54) is 38.5 Å². The minimum Gasteiger partial charge on any atom is -0.381 e. The van der Waals surface area contributed by atoms with E-state index in [2.05, 4.69) is 0 Å². The van der Waals surface area contributed by atoms with Crippen molar-refractivity contribution in [3.63, 3.8) is 0 Å². The minimum atomic E-state index is 0. The molecule has 3 rings (SSSR count). The second-order valence-electron chi connectivity index (χ2n) is 3.96. The van der Waals surface area contributed by atoms with Crippen LogP contribution in [0.15, 0.2) is 0 Å². The Bertz CT molecular complexity index is 75.6. The predicted octanol–water partition coefficient (Wildman–Crippen LogP) is 3.29. The molecule has 3 nitrogen and oxygen atoms in total. The van der Waals surface area contributed by atoms with Crippen molar-refractivity contribution in [2.24, 2.45) is 0 Å². The molecule has 0 saturated carbocycles. The molecule has 0 atom stereocenters. The minimum absolute atomic E-state index is 0. The van der Waals surface area contributed by atoms with Crippen LogP contribution >= 0.6 is 0 Å². The van der Waals surface area contributed by atoms with E-state index >= 15 is 0 Å². The smallest absolute Gasteiger partial charge is 0.381 e. The molecule has 3 aliphatic rings. The zero-order chi connectivity index (χ0) is 10.6. The number of rotatable bonds is 0. The Labute approximate surface area is 127 Å². The van der Waals surface area contributed by atoms with Crippen molar-refractivity contribution in [2.45, 2.75) is 38.5 Å². The van der Waals surface area contributed by atoms with Gasteiger partial charge in [0.1, 0.15) is 0 Å². The van der Waals surface area contributed by atoms with E-state index in [0.29, 0.717) is 0 Å². The molecule has 18 heavy (non-hydrogen) atoms. The first-order valence-electron chi connectivity index (χ1n) is 6.23. The van der Waals surface area contributed by atoms with Gasteiger partial charge in [0.2, 0.25) is 0 Å². The van der Waals surface area contributed by atoms with Gasteiger partial charge >= 0.3 is 19.5 Å². The number of hydrogen-bond acceptors (Lipinski definition) is 3. The quantitative estimate of drug-likeness (QED) is 0.497. The summed E-state index contributed by atoms with van der Waals surface area (Å²) in [6, 6.07) is 0. The van der Waals surface area contributed by atoms with Gasteiger partial charge in [-0.2, -0.15) is 0 Å². The molecule has 0 aromatic carbocycles. The molecule has 0 aromatic rings. The van der Waals surface area contributed by atoms with Crippen molar-refractivity contribution in [1.82, 2.24) is 0 Å². The number of ether oxygens (including phenoxy) is 3. The largest absolute Gasteiger partial charge is 2.00 e. The van der Waals surface area contributed by atoms with Crippen LogP contribution in [0, 0.1) is 14.9 Å². The topological polar surface area (TPSA) is 27.7 Å². The summed E-state index contributed by atoms with van der Waals surface area (Å²) < 4.78 is 14.8. The first-order chi connectivity index (χ1) is 7.50. The van der Waals surface area contributed by atoms with Crippen LogP contribution < -0.4 is 0 Å². The standard InChI is InChI=1S/3C4H8O.2CH3.Ru/c3*1-2-4-5-3-1;;;/h3*1-4H2;2*1H3;/q;;;2*-1;+2. The van der Waals surface area contributed by atoms with Crippen molar-refractivity contribution in [2.75, 3.05) is 39.6 Å². The van der Waals surface area contributed by atoms with Crippen LogP contribution in [-0.4, -0.2) is 39.6 Å². The third-order valence-corrected chi connectivity index (χ3v) is 2.48. The Morgan fingerprint density at radius 3 is 0.611 bits per heavy atom. The maximum Gasteiger partial charge on any atom is 2.00 e.